The molecule has 4 heteroatoms. The van der Waals surface area contributed by atoms with E-state index in [9.17, 15) is 0 Å². The highest BCUT2D eigenvalue weighted by molar-refractivity contribution is 6.33. The first kappa shape index (κ1) is 20.6. The first-order valence-corrected chi connectivity index (χ1v) is 10.4. The molecule has 3 rings (SSSR count). The summed E-state index contributed by atoms with van der Waals surface area (Å²) in [4.78, 5) is 12.0. The van der Waals surface area contributed by atoms with Crippen LogP contribution < -0.4 is 4.90 Å². The first-order chi connectivity index (χ1) is 13.3. The highest BCUT2D eigenvalue weighted by atomic mass is 35.5. The Kier molecular flexibility index (Phi) is 6.56. The normalized spacial score (nSPS) is 15.8. The van der Waals surface area contributed by atoms with Crippen molar-refractivity contribution < 1.29 is 0 Å². The van der Waals surface area contributed by atoms with E-state index in [1.165, 1.54) is 24.1 Å². The van der Waals surface area contributed by atoms with Crippen molar-refractivity contribution in [1.82, 2.24) is 4.98 Å². The minimum Gasteiger partial charge on any atom is -0.372 e. The van der Waals surface area contributed by atoms with Crippen LogP contribution in [-0.2, 0) is 0 Å². The monoisotopic (exact) mass is 395 g/mol. The maximum atomic E-state index is 6.53. The van der Waals surface area contributed by atoms with Gasteiger partial charge in [0.1, 0.15) is 0 Å². The van der Waals surface area contributed by atoms with Crippen LogP contribution in [0.2, 0.25) is 5.02 Å². The van der Waals surface area contributed by atoms with Crippen molar-refractivity contribution in [2.24, 2.45) is 10.9 Å². The van der Waals surface area contributed by atoms with E-state index >= 15 is 0 Å². The number of hydrogen-bond acceptors (Lipinski definition) is 3. The quantitative estimate of drug-likeness (QED) is 0.389. The Balaban J connectivity index is 1.87. The summed E-state index contributed by atoms with van der Waals surface area (Å²) in [6.07, 6.45) is 3.44. The molecule has 0 aliphatic carbocycles. The molecule has 1 aromatic heterocycles. The van der Waals surface area contributed by atoms with Crippen molar-refractivity contribution in [3.05, 3.63) is 53.1 Å². The SMILES string of the molecule is C=C(C)C(C)CC(C)=Nc1nc(-c2ccc(N3CCCC3)cc2)c(Cl)cc1C. The van der Waals surface area contributed by atoms with Gasteiger partial charge >= 0.3 is 0 Å². The predicted octanol–water partition coefficient (Wildman–Crippen LogP) is 7.01. The third-order valence-electron chi connectivity index (χ3n) is 5.49. The van der Waals surface area contributed by atoms with Crippen LogP contribution in [0.25, 0.3) is 11.3 Å². The molecule has 1 atom stereocenters. The molecular formula is C24H30ClN3. The Morgan fingerprint density at radius 3 is 2.46 bits per heavy atom. The zero-order valence-corrected chi connectivity index (χ0v) is 18.2. The van der Waals surface area contributed by atoms with Crippen LogP contribution in [0.1, 0.15) is 45.6 Å². The fraction of sp³-hybridized carbons (Fsp3) is 0.417. The van der Waals surface area contributed by atoms with Crippen molar-refractivity contribution in [3.8, 4) is 11.3 Å². The molecule has 28 heavy (non-hydrogen) atoms. The lowest BCUT2D eigenvalue weighted by Crippen LogP contribution is -2.17. The highest BCUT2D eigenvalue weighted by Crippen LogP contribution is 2.32. The largest absolute Gasteiger partial charge is 0.372 e. The molecule has 0 saturated carbocycles. The number of pyridine rings is 1. The lowest BCUT2D eigenvalue weighted by molar-refractivity contribution is 0.717. The van der Waals surface area contributed by atoms with Crippen molar-refractivity contribution in [1.29, 1.82) is 0 Å². The van der Waals surface area contributed by atoms with Crippen LogP contribution in [0.15, 0.2) is 47.5 Å². The van der Waals surface area contributed by atoms with Gasteiger partial charge in [-0.2, -0.15) is 0 Å². The fourth-order valence-corrected chi connectivity index (χ4v) is 3.85. The second kappa shape index (κ2) is 8.91. The number of allylic oxidation sites excluding steroid dienone is 1. The van der Waals surface area contributed by atoms with Crippen molar-refractivity contribution >= 4 is 28.8 Å². The van der Waals surface area contributed by atoms with Gasteiger partial charge in [0.15, 0.2) is 5.82 Å². The maximum Gasteiger partial charge on any atom is 0.155 e. The van der Waals surface area contributed by atoms with Crippen LogP contribution >= 0.6 is 11.6 Å². The Morgan fingerprint density at radius 2 is 1.86 bits per heavy atom. The maximum absolute atomic E-state index is 6.53. The smallest absolute Gasteiger partial charge is 0.155 e. The summed E-state index contributed by atoms with van der Waals surface area (Å²) in [5, 5.41) is 0.665. The molecule has 0 N–H and O–H groups in total. The first-order valence-electron chi connectivity index (χ1n) is 10.1. The Labute approximate surface area is 174 Å². The van der Waals surface area contributed by atoms with Crippen LogP contribution in [0.4, 0.5) is 11.5 Å². The van der Waals surface area contributed by atoms with Gasteiger partial charge in [-0.3, -0.25) is 0 Å². The van der Waals surface area contributed by atoms with Gasteiger partial charge in [0.2, 0.25) is 0 Å². The van der Waals surface area contributed by atoms with Crippen molar-refractivity contribution in [3.63, 3.8) is 0 Å². The molecule has 0 amide bonds. The Morgan fingerprint density at radius 1 is 1.21 bits per heavy atom. The molecule has 1 aromatic carbocycles. The summed E-state index contributed by atoms with van der Waals surface area (Å²) in [7, 11) is 0. The number of aliphatic imine (C=N–C) groups is 1. The summed E-state index contributed by atoms with van der Waals surface area (Å²) >= 11 is 6.53. The van der Waals surface area contributed by atoms with E-state index < -0.39 is 0 Å². The average molecular weight is 396 g/mol. The minimum atomic E-state index is 0.411. The number of nitrogens with zero attached hydrogens (tertiary/aromatic N) is 3. The third-order valence-corrected chi connectivity index (χ3v) is 5.78. The molecule has 3 nitrogen and oxygen atoms in total. The predicted molar refractivity (Wildman–Crippen MR) is 122 cm³/mol. The molecule has 1 aliphatic rings. The summed E-state index contributed by atoms with van der Waals surface area (Å²) in [5.74, 6) is 1.16. The number of benzene rings is 1. The zero-order valence-electron chi connectivity index (χ0n) is 17.4. The van der Waals surface area contributed by atoms with E-state index in [0.29, 0.717) is 10.9 Å². The van der Waals surface area contributed by atoms with E-state index in [4.69, 9.17) is 21.6 Å². The van der Waals surface area contributed by atoms with Crippen LogP contribution in [0, 0.1) is 12.8 Å². The van der Waals surface area contributed by atoms with Gasteiger partial charge < -0.3 is 4.90 Å². The molecule has 1 saturated heterocycles. The third kappa shape index (κ3) is 4.82. The van der Waals surface area contributed by atoms with Gasteiger partial charge in [-0.05, 0) is 69.7 Å². The zero-order chi connectivity index (χ0) is 20.3. The fourth-order valence-electron chi connectivity index (χ4n) is 3.54. The molecule has 2 aromatic rings. The number of hydrogen-bond donors (Lipinski definition) is 0. The van der Waals surface area contributed by atoms with Crippen molar-refractivity contribution in [2.75, 3.05) is 18.0 Å². The number of aromatic nitrogens is 1. The average Bonchev–Trinajstić information content (AvgIpc) is 3.18. The van der Waals surface area contributed by atoms with Crippen molar-refractivity contribution in [2.45, 2.75) is 47.0 Å². The van der Waals surface area contributed by atoms with Gasteiger partial charge in [-0.25, -0.2) is 9.98 Å². The summed E-state index contributed by atoms with van der Waals surface area (Å²) in [5.41, 5.74) is 6.31. The van der Waals surface area contributed by atoms with E-state index in [1.54, 1.807) is 0 Å². The molecule has 0 spiro atoms. The Hall–Kier alpha value is -2.13. The molecule has 0 bridgehead atoms. The van der Waals surface area contributed by atoms with Gasteiger partial charge in [0, 0.05) is 30.1 Å². The second-order valence-electron chi connectivity index (χ2n) is 8.00. The van der Waals surface area contributed by atoms with E-state index in [2.05, 4.69) is 56.5 Å². The molecule has 1 aliphatic heterocycles. The van der Waals surface area contributed by atoms with Gasteiger partial charge in [-0.15, -0.1) is 0 Å². The number of anilines is 1. The van der Waals surface area contributed by atoms with E-state index in [-0.39, 0.29) is 0 Å². The van der Waals surface area contributed by atoms with Gasteiger partial charge in [-0.1, -0.05) is 42.8 Å². The topological polar surface area (TPSA) is 28.5 Å². The molecule has 0 radical (unpaired) electrons. The summed E-state index contributed by atoms with van der Waals surface area (Å²) in [6, 6.07) is 10.5. The molecule has 1 fully saturated rings. The van der Waals surface area contributed by atoms with Crippen LogP contribution in [-0.4, -0.2) is 23.8 Å². The van der Waals surface area contributed by atoms with Crippen LogP contribution in [0.5, 0.6) is 0 Å². The second-order valence-corrected chi connectivity index (χ2v) is 8.41. The Bertz CT molecular complexity index is 877. The molecular weight excluding hydrogens is 366 g/mol. The minimum absolute atomic E-state index is 0.411. The number of halogens is 1. The molecule has 148 valence electrons. The van der Waals surface area contributed by atoms with E-state index in [0.717, 1.165) is 47.9 Å². The molecule has 1 unspecified atom stereocenters. The van der Waals surface area contributed by atoms with Crippen LogP contribution in [0.3, 0.4) is 0 Å². The van der Waals surface area contributed by atoms with E-state index in [1.807, 2.05) is 13.0 Å². The summed E-state index contributed by atoms with van der Waals surface area (Å²) < 4.78 is 0. The van der Waals surface area contributed by atoms with Gasteiger partial charge in [0.05, 0.1) is 10.7 Å². The number of aryl methyl sites for hydroxylation is 1. The van der Waals surface area contributed by atoms with Gasteiger partial charge in [0.25, 0.3) is 0 Å². The summed E-state index contributed by atoms with van der Waals surface area (Å²) in [6.45, 7) is 14.6. The highest BCUT2D eigenvalue weighted by Gasteiger charge is 2.14. The standard InChI is InChI=1S/C24H30ClN3/c1-16(2)17(3)14-19(5)26-24-18(4)15-22(25)23(27-24)20-8-10-21(11-9-20)28-12-6-7-13-28/h8-11,15,17H,1,6-7,12-14H2,2-5H3. The molecule has 2 heterocycles. The lowest BCUT2D eigenvalue weighted by atomic mass is 9.98. The lowest BCUT2D eigenvalue weighted by Gasteiger charge is -2.18. The number of rotatable bonds is 6.